The Hall–Kier alpha value is -7.41. The molecule has 57 heavy (non-hydrogen) atoms. The van der Waals surface area contributed by atoms with Crippen LogP contribution in [0.2, 0.25) is 0 Å². The highest BCUT2D eigenvalue weighted by Crippen LogP contribution is 2.44. The Morgan fingerprint density at radius 2 is 1.02 bits per heavy atom. The van der Waals surface area contributed by atoms with Crippen molar-refractivity contribution in [3.63, 3.8) is 0 Å². The second kappa shape index (κ2) is 12.6. The van der Waals surface area contributed by atoms with E-state index in [1.54, 1.807) is 11.3 Å². The molecule has 266 valence electrons. The van der Waals surface area contributed by atoms with Crippen LogP contribution in [0.25, 0.3) is 109 Å². The lowest BCUT2D eigenvalue weighted by Gasteiger charge is -2.12. The van der Waals surface area contributed by atoms with Crippen molar-refractivity contribution in [2.75, 3.05) is 0 Å². The van der Waals surface area contributed by atoms with E-state index in [2.05, 4.69) is 135 Å². The molecular weight excluding hydrogens is 715 g/mol. The van der Waals surface area contributed by atoms with Crippen LogP contribution in [-0.2, 0) is 0 Å². The number of rotatable bonds is 5. The van der Waals surface area contributed by atoms with E-state index in [9.17, 15) is 0 Å². The van der Waals surface area contributed by atoms with E-state index in [0.29, 0.717) is 22.8 Å². The quantitative estimate of drug-likeness (QED) is 0.176. The smallest absolute Gasteiger partial charge is 0.164 e. The van der Waals surface area contributed by atoms with E-state index in [4.69, 9.17) is 16.8 Å². The van der Waals surface area contributed by atoms with Gasteiger partial charge in [0.25, 0.3) is 0 Å². The number of fused-ring (bicyclic) bond motifs is 9. The summed E-state index contributed by atoms with van der Waals surface area (Å²) in [5.41, 5.74) is 8.06. The van der Waals surface area contributed by atoms with Gasteiger partial charge in [-0.1, -0.05) is 133 Å². The predicted octanol–water partition coefficient (Wildman–Crippen LogP) is 13.4. The highest BCUT2D eigenvalue weighted by molar-refractivity contribution is 7.26. The summed E-state index contributed by atoms with van der Waals surface area (Å²) in [4.78, 5) is 14.4. The summed E-state index contributed by atoms with van der Waals surface area (Å²) in [6.45, 7) is 0. The Labute approximate surface area is 338 Å². The van der Waals surface area contributed by atoms with E-state index in [-0.39, 0.29) is 23.5 Å². The molecule has 0 atom stereocenters. The topological polar surface area (TPSA) is 48.5 Å². The van der Waals surface area contributed by atoms with Gasteiger partial charge in [-0.2, -0.15) is 0 Å². The van der Waals surface area contributed by atoms with Gasteiger partial charge < -0.3 is 9.13 Å². The maximum absolute atomic E-state index is 8.71. The van der Waals surface area contributed by atoms with Crippen molar-refractivity contribution in [1.82, 2.24) is 24.1 Å². The lowest BCUT2D eigenvalue weighted by molar-refractivity contribution is 1.07. The van der Waals surface area contributed by atoms with E-state index in [1.165, 1.54) is 21.5 Å². The van der Waals surface area contributed by atoms with Crippen LogP contribution in [0.3, 0.4) is 0 Å². The van der Waals surface area contributed by atoms with Gasteiger partial charge in [0, 0.05) is 64.1 Å². The summed E-state index contributed by atoms with van der Waals surface area (Å²) in [6, 6.07) is 52.5. The van der Waals surface area contributed by atoms with E-state index >= 15 is 0 Å². The van der Waals surface area contributed by atoms with Crippen molar-refractivity contribution in [2.24, 2.45) is 0 Å². The molecule has 5 nitrogen and oxygen atoms in total. The SMILES string of the molecule is [2H]c1c([2H])c([2H])c(-c2nc(-c3ccccc3)nc(-c3ccc4c(c3)sc3cccc(-n5c6ccccc6c6cc7c8ccccc8n(-c8ccccc8)c7cc65)c34)n2)c([2H])c1[2H]. The summed E-state index contributed by atoms with van der Waals surface area (Å²) in [7, 11) is 0. The highest BCUT2D eigenvalue weighted by Gasteiger charge is 2.21. The Balaban J connectivity index is 1.08. The lowest BCUT2D eigenvalue weighted by atomic mass is 10.1. The fourth-order valence-electron chi connectivity index (χ4n) is 8.37. The van der Waals surface area contributed by atoms with Crippen LogP contribution >= 0.6 is 11.3 Å². The molecule has 12 aromatic rings. The molecule has 0 aliphatic carbocycles. The van der Waals surface area contributed by atoms with Crippen LogP contribution in [0.15, 0.2) is 188 Å². The van der Waals surface area contributed by atoms with Gasteiger partial charge in [0.2, 0.25) is 0 Å². The Kier molecular flexibility index (Phi) is 6.00. The zero-order valence-corrected chi connectivity index (χ0v) is 31.0. The van der Waals surface area contributed by atoms with E-state index in [0.717, 1.165) is 53.6 Å². The van der Waals surface area contributed by atoms with Gasteiger partial charge in [0.05, 0.1) is 34.6 Å². The van der Waals surface area contributed by atoms with Crippen LogP contribution in [0, 0.1) is 0 Å². The Morgan fingerprint density at radius 1 is 0.404 bits per heavy atom. The Bertz CT molecular complexity index is 3790. The van der Waals surface area contributed by atoms with Crippen molar-refractivity contribution in [2.45, 2.75) is 0 Å². The monoisotopic (exact) mass is 750 g/mol. The molecule has 0 fully saturated rings. The number of hydrogen-bond acceptors (Lipinski definition) is 4. The number of hydrogen-bond donors (Lipinski definition) is 0. The third-order valence-electron chi connectivity index (χ3n) is 10.8. The van der Waals surface area contributed by atoms with Crippen molar-refractivity contribution >= 4 is 75.1 Å². The molecule has 0 bridgehead atoms. The normalized spacial score (nSPS) is 13.1. The highest BCUT2D eigenvalue weighted by atomic mass is 32.1. The van der Waals surface area contributed by atoms with Crippen molar-refractivity contribution in [3.8, 4) is 45.5 Å². The zero-order valence-electron chi connectivity index (χ0n) is 35.2. The molecule has 0 spiro atoms. The zero-order chi connectivity index (χ0) is 41.8. The average molecular weight is 751 g/mol. The van der Waals surface area contributed by atoms with Crippen LogP contribution < -0.4 is 0 Å². The second-order valence-electron chi connectivity index (χ2n) is 14.1. The molecule has 0 radical (unpaired) electrons. The second-order valence-corrected chi connectivity index (χ2v) is 15.1. The van der Waals surface area contributed by atoms with Gasteiger partial charge in [-0.05, 0) is 54.6 Å². The molecule has 4 aromatic heterocycles. The fourth-order valence-corrected chi connectivity index (χ4v) is 9.54. The maximum Gasteiger partial charge on any atom is 0.164 e. The first-order valence-electron chi connectivity index (χ1n) is 21.2. The molecule has 6 heteroatoms. The summed E-state index contributed by atoms with van der Waals surface area (Å²) >= 11 is 1.69. The third-order valence-corrected chi connectivity index (χ3v) is 12.0. The molecule has 0 amide bonds. The number of nitrogens with zero attached hydrogens (tertiary/aromatic N) is 5. The first kappa shape index (κ1) is 27.2. The van der Waals surface area contributed by atoms with Crippen molar-refractivity contribution in [1.29, 1.82) is 0 Å². The lowest BCUT2D eigenvalue weighted by Crippen LogP contribution is -2.00. The largest absolute Gasteiger partial charge is 0.309 e. The minimum atomic E-state index is -0.472. The molecule has 0 saturated heterocycles. The van der Waals surface area contributed by atoms with Gasteiger partial charge in [-0.15, -0.1) is 11.3 Å². The van der Waals surface area contributed by atoms with Crippen LogP contribution in [0.4, 0.5) is 0 Å². The van der Waals surface area contributed by atoms with Crippen LogP contribution in [0.1, 0.15) is 6.85 Å². The summed E-state index contributed by atoms with van der Waals surface area (Å²) in [5.74, 6) is 0.680. The van der Waals surface area contributed by atoms with Crippen molar-refractivity contribution < 1.29 is 6.85 Å². The number of thiophene rings is 1. The van der Waals surface area contributed by atoms with Gasteiger partial charge in [0.15, 0.2) is 17.5 Å². The molecule has 0 saturated carbocycles. The number of para-hydroxylation sites is 3. The molecule has 0 unspecified atom stereocenters. The first-order valence-corrected chi connectivity index (χ1v) is 19.5. The molecule has 0 N–H and O–H groups in total. The molecule has 8 aromatic carbocycles. The minimum absolute atomic E-state index is 0.0105. The fraction of sp³-hybridized carbons (Fsp3) is 0. The average Bonchev–Trinajstić information content (AvgIpc) is 3.97. The molecule has 0 aliphatic rings. The van der Waals surface area contributed by atoms with E-state index < -0.39 is 18.1 Å². The number of benzene rings is 8. The van der Waals surface area contributed by atoms with Crippen LogP contribution in [-0.4, -0.2) is 24.1 Å². The van der Waals surface area contributed by atoms with Crippen molar-refractivity contribution in [3.05, 3.63) is 188 Å². The predicted molar refractivity (Wildman–Crippen MR) is 238 cm³/mol. The molecule has 0 aliphatic heterocycles. The van der Waals surface area contributed by atoms with Gasteiger partial charge in [0.1, 0.15) is 0 Å². The maximum atomic E-state index is 8.71. The summed E-state index contributed by atoms with van der Waals surface area (Å²) in [5, 5.41) is 6.99. The molecule has 12 rings (SSSR count). The van der Waals surface area contributed by atoms with Gasteiger partial charge in [-0.25, -0.2) is 15.0 Å². The Morgan fingerprint density at radius 3 is 1.75 bits per heavy atom. The number of aromatic nitrogens is 5. The first-order chi connectivity index (χ1) is 30.3. The van der Waals surface area contributed by atoms with E-state index in [1.807, 2.05) is 36.4 Å². The summed E-state index contributed by atoms with van der Waals surface area (Å²) in [6.07, 6.45) is 0. The molecular formula is C51H31N5S. The summed E-state index contributed by atoms with van der Waals surface area (Å²) < 4.78 is 49.2. The minimum Gasteiger partial charge on any atom is -0.309 e. The molecule has 4 heterocycles. The van der Waals surface area contributed by atoms with Gasteiger partial charge >= 0.3 is 0 Å². The van der Waals surface area contributed by atoms with Crippen LogP contribution in [0.5, 0.6) is 0 Å². The third kappa shape index (κ3) is 4.98. The van der Waals surface area contributed by atoms with Gasteiger partial charge in [-0.3, -0.25) is 0 Å². The standard InChI is InChI=1S/C51H31N5S/c1-4-15-32(16-5-1)49-52-50(33-17-6-2-7-18-33)54-51(53-49)34-27-28-38-47(29-34)57-46-26-14-25-43(48(38)46)56-42-24-13-11-22-37(42)40-30-39-36-21-10-12-23-41(36)55(44(39)31-45(40)56)35-19-8-3-9-20-35/h1-31H/i1D,4D,5D,15D,16D.